The summed E-state index contributed by atoms with van der Waals surface area (Å²) >= 11 is 0. The molecule has 0 aromatic carbocycles. The summed E-state index contributed by atoms with van der Waals surface area (Å²) in [7, 11) is 1.87. The van der Waals surface area contributed by atoms with E-state index in [1.54, 1.807) is 0 Å². The van der Waals surface area contributed by atoms with E-state index in [4.69, 9.17) is 4.74 Å². The highest BCUT2D eigenvalue weighted by Gasteiger charge is 2.30. The van der Waals surface area contributed by atoms with Crippen LogP contribution in [-0.4, -0.2) is 62.8 Å². The van der Waals surface area contributed by atoms with Gasteiger partial charge in [0.25, 0.3) is 0 Å². The van der Waals surface area contributed by atoms with Crippen LogP contribution in [0.2, 0.25) is 0 Å². The van der Waals surface area contributed by atoms with E-state index in [0.717, 1.165) is 31.8 Å². The lowest BCUT2D eigenvalue weighted by atomic mass is 10.1. The van der Waals surface area contributed by atoms with Gasteiger partial charge < -0.3 is 15.4 Å². The average Bonchev–Trinajstić information content (AvgIpc) is 3.24. The number of likely N-dealkylation sites (tertiary alicyclic amines) is 1. The summed E-state index contributed by atoms with van der Waals surface area (Å²) in [4.78, 5) is 7.05. The smallest absolute Gasteiger partial charge is 0.191 e. The predicted molar refractivity (Wildman–Crippen MR) is 101 cm³/mol. The Labute approximate surface area is 151 Å². The van der Waals surface area contributed by atoms with E-state index in [9.17, 15) is 0 Å². The van der Waals surface area contributed by atoms with Gasteiger partial charge in [-0.15, -0.1) is 24.0 Å². The van der Waals surface area contributed by atoms with Gasteiger partial charge in [0.1, 0.15) is 0 Å². The summed E-state index contributed by atoms with van der Waals surface area (Å²) in [5, 5.41) is 7.06. The molecule has 0 aromatic rings. The molecule has 5 nitrogen and oxygen atoms in total. The van der Waals surface area contributed by atoms with Crippen LogP contribution in [0.3, 0.4) is 0 Å². The van der Waals surface area contributed by atoms with E-state index in [2.05, 4.69) is 20.5 Å². The zero-order chi connectivity index (χ0) is 14.5. The third kappa shape index (κ3) is 4.96. The summed E-state index contributed by atoms with van der Waals surface area (Å²) in [5.41, 5.74) is 0. The molecule has 2 N–H and O–H groups in total. The maximum atomic E-state index is 5.42. The van der Waals surface area contributed by atoms with Gasteiger partial charge in [-0.3, -0.25) is 9.89 Å². The van der Waals surface area contributed by atoms with Crippen LogP contribution in [0.5, 0.6) is 0 Å². The average molecular weight is 422 g/mol. The quantitative estimate of drug-likeness (QED) is 0.413. The Morgan fingerprint density at radius 2 is 2.05 bits per heavy atom. The monoisotopic (exact) mass is 422 g/mol. The number of nitrogens with zero attached hydrogens (tertiary/aromatic N) is 2. The molecule has 3 aliphatic rings. The van der Waals surface area contributed by atoms with Crippen LogP contribution in [0.15, 0.2) is 4.99 Å². The number of hydrogen-bond acceptors (Lipinski definition) is 3. The zero-order valence-electron chi connectivity index (χ0n) is 13.7. The molecule has 22 heavy (non-hydrogen) atoms. The van der Waals surface area contributed by atoms with Crippen molar-refractivity contribution in [3.8, 4) is 0 Å². The summed E-state index contributed by atoms with van der Waals surface area (Å²) in [6.07, 6.45) is 8.06. The van der Waals surface area contributed by atoms with Crippen molar-refractivity contribution in [2.75, 3.05) is 39.9 Å². The van der Waals surface area contributed by atoms with Crippen LogP contribution in [0.1, 0.15) is 38.5 Å². The first-order chi connectivity index (χ1) is 10.3. The fourth-order valence-corrected chi connectivity index (χ4v) is 3.88. The maximum absolute atomic E-state index is 5.42. The lowest BCUT2D eigenvalue weighted by Gasteiger charge is -2.24. The molecule has 2 aliphatic heterocycles. The lowest BCUT2D eigenvalue weighted by molar-refractivity contribution is 0.186. The first kappa shape index (κ1) is 18.3. The molecular formula is C16H31IN4O. The van der Waals surface area contributed by atoms with Crippen LogP contribution in [0, 0.1) is 5.92 Å². The van der Waals surface area contributed by atoms with Gasteiger partial charge >= 0.3 is 0 Å². The molecule has 2 saturated heterocycles. The molecule has 0 bridgehead atoms. The molecule has 0 spiro atoms. The second kappa shape index (κ2) is 9.27. The Kier molecular flexibility index (Phi) is 7.70. The van der Waals surface area contributed by atoms with Crippen LogP contribution in [0.4, 0.5) is 0 Å². The SMILES string of the molecule is CN=C(NCC1CCOC1)NC1CCN(C2CCCC2)C1.I. The largest absolute Gasteiger partial charge is 0.381 e. The minimum atomic E-state index is 0. The molecule has 3 fully saturated rings. The van der Waals surface area contributed by atoms with Crippen LogP contribution in [-0.2, 0) is 4.74 Å². The molecule has 0 radical (unpaired) electrons. The van der Waals surface area contributed by atoms with Gasteiger partial charge in [0.15, 0.2) is 5.96 Å². The van der Waals surface area contributed by atoms with E-state index in [1.807, 2.05) is 7.05 Å². The second-order valence-electron chi connectivity index (χ2n) is 6.75. The number of nitrogens with one attached hydrogen (secondary N) is 2. The Bertz CT molecular complexity index is 354. The van der Waals surface area contributed by atoms with Gasteiger partial charge in [-0.1, -0.05) is 12.8 Å². The number of guanidine groups is 1. The first-order valence-corrected chi connectivity index (χ1v) is 8.64. The maximum Gasteiger partial charge on any atom is 0.191 e. The fraction of sp³-hybridized carbons (Fsp3) is 0.938. The summed E-state index contributed by atoms with van der Waals surface area (Å²) < 4.78 is 5.42. The van der Waals surface area contributed by atoms with Crippen LogP contribution >= 0.6 is 24.0 Å². The Hall–Kier alpha value is -0.0800. The van der Waals surface area contributed by atoms with Crippen molar-refractivity contribution < 1.29 is 4.74 Å². The Morgan fingerprint density at radius 3 is 2.73 bits per heavy atom. The molecule has 0 amide bonds. The van der Waals surface area contributed by atoms with Crippen molar-refractivity contribution in [2.24, 2.45) is 10.9 Å². The minimum Gasteiger partial charge on any atom is -0.381 e. The Morgan fingerprint density at radius 1 is 1.23 bits per heavy atom. The van der Waals surface area contributed by atoms with E-state index in [-0.39, 0.29) is 24.0 Å². The minimum absolute atomic E-state index is 0. The van der Waals surface area contributed by atoms with Crippen molar-refractivity contribution >= 4 is 29.9 Å². The zero-order valence-corrected chi connectivity index (χ0v) is 16.1. The van der Waals surface area contributed by atoms with Crippen molar-refractivity contribution in [1.29, 1.82) is 0 Å². The summed E-state index contributed by atoms with van der Waals surface area (Å²) in [5.74, 6) is 1.60. The molecule has 2 heterocycles. The summed E-state index contributed by atoms with van der Waals surface area (Å²) in [6.45, 7) is 5.20. The molecule has 2 atom stereocenters. The third-order valence-electron chi connectivity index (χ3n) is 5.21. The molecule has 2 unspecified atom stereocenters. The summed E-state index contributed by atoms with van der Waals surface area (Å²) in [6, 6.07) is 1.40. The van der Waals surface area contributed by atoms with E-state index in [1.165, 1.54) is 51.6 Å². The van der Waals surface area contributed by atoms with Gasteiger partial charge in [-0.25, -0.2) is 0 Å². The molecular weight excluding hydrogens is 391 g/mol. The van der Waals surface area contributed by atoms with Crippen LogP contribution < -0.4 is 10.6 Å². The van der Waals surface area contributed by atoms with Crippen molar-refractivity contribution in [2.45, 2.75) is 50.6 Å². The highest BCUT2D eigenvalue weighted by atomic mass is 127. The van der Waals surface area contributed by atoms with E-state index in [0.29, 0.717) is 12.0 Å². The number of rotatable bonds is 4. The predicted octanol–water partition coefficient (Wildman–Crippen LogP) is 1.82. The third-order valence-corrected chi connectivity index (χ3v) is 5.21. The number of hydrogen-bond donors (Lipinski definition) is 2. The van der Waals surface area contributed by atoms with Crippen LogP contribution in [0.25, 0.3) is 0 Å². The van der Waals surface area contributed by atoms with E-state index >= 15 is 0 Å². The first-order valence-electron chi connectivity index (χ1n) is 8.64. The van der Waals surface area contributed by atoms with Gasteiger partial charge in [-0.05, 0) is 25.7 Å². The number of halogens is 1. The lowest BCUT2D eigenvalue weighted by Crippen LogP contribution is -2.46. The normalized spacial score (nSPS) is 30.5. The van der Waals surface area contributed by atoms with Crippen molar-refractivity contribution in [3.05, 3.63) is 0 Å². The molecule has 3 rings (SSSR count). The highest BCUT2D eigenvalue weighted by Crippen LogP contribution is 2.26. The Balaban J connectivity index is 0.00000176. The number of ether oxygens (including phenoxy) is 1. The molecule has 0 aromatic heterocycles. The molecule has 1 saturated carbocycles. The fourth-order valence-electron chi connectivity index (χ4n) is 3.88. The van der Waals surface area contributed by atoms with Gasteiger partial charge in [-0.2, -0.15) is 0 Å². The van der Waals surface area contributed by atoms with Gasteiger partial charge in [0.05, 0.1) is 6.61 Å². The highest BCUT2D eigenvalue weighted by molar-refractivity contribution is 14.0. The molecule has 6 heteroatoms. The van der Waals surface area contributed by atoms with Gasteiger partial charge in [0, 0.05) is 51.3 Å². The topological polar surface area (TPSA) is 48.9 Å². The standard InChI is InChI=1S/C16H30N4O.HI/c1-17-16(18-10-13-7-9-21-12-13)19-14-6-8-20(11-14)15-4-2-3-5-15;/h13-15H,2-12H2,1H3,(H2,17,18,19);1H. The molecule has 1 aliphatic carbocycles. The second-order valence-corrected chi connectivity index (χ2v) is 6.75. The van der Waals surface area contributed by atoms with Crippen molar-refractivity contribution in [3.63, 3.8) is 0 Å². The molecule has 128 valence electrons. The van der Waals surface area contributed by atoms with Gasteiger partial charge in [0.2, 0.25) is 0 Å². The number of aliphatic imine (C=N–C) groups is 1. The van der Waals surface area contributed by atoms with Crippen molar-refractivity contribution in [1.82, 2.24) is 15.5 Å². The van der Waals surface area contributed by atoms with E-state index < -0.39 is 0 Å².